The Hall–Kier alpha value is -1.05. The van der Waals surface area contributed by atoms with E-state index >= 15 is 0 Å². The molecule has 2 nitrogen and oxygen atoms in total. The molecule has 2 aliphatic carbocycles. The molecule has 19 heavy (non-hydrogen) atoms. The third-order valence-corrected chi connectivity index (χ3v) is 5.00. The van der Waals surface area contributed by atoms with Gasteiger partial charge in [-0.05, 0) is 55.4 Å². The number of fused-ring (bicyclic) bond motifs is 1. The molecule has 0 radical (unpaired) electrons. The fourth-order valence-corrected chi connectivity index (χ4v) is 3.68. The summed E-state index contributed by atoms with van der Waals surface area (Å²) in [5.74, 6) is 1.17. The van der Waals surface area contributed by atoms with Crippen LogP contribution < -0.4 is 0 Å². The van der Waals surface area contributed by atoms with Gasteiger partial charge in [0.15, 0.2) is 0 Å². The summed E-state index contributed by atoms with van der Waals surface area (Å²) < 4.78 is 5.44. The molecule has 0 aromatic carbocycles. The van der Waals surface area contributed by atoms with Gasteiger partial charge in [0.2, 0.25) is 0 Å². The number of carbonyl (C=O) groups is 1. The van der Waals surface area contributed by atoms with Crippen molar-refractivity contribution in [2.45, 2.75) is 59.5 Å². The molecule has 1 fully saturated rings. The molecule has 1 saturated carbocycles. The van der Waals surface area contributed by atoms with Gasteiger partial charge in [0.1, 0.15) is 6.10 Å². The van der Waals surface area contributed by atoms with Crippen molar-refractivity contribution in [3.63, 3.8) is 0 Å². The summed E-state index contributed by atoms with van der Waals surface area (Å²) >= 11 is 0. The predicted octanol–water partition coefficient (Wildman–Crippen LogP) is 4.27. The Labute approximate surface area is 116 Å². The zero-order valence-electron chi connectivity index (χ0n) is 12.7. The van der Waals surface area contributed by atoms with Crippen molar-refractivity contribution in [1.29, 1.82) is 0 Å². The number of ether oxygens (including phenoxy) is 1. The summed E-state index contributed by atoms with van der Waals surface area (Å²) in [5.41, 5.74) is 2.97. The second kappa shape index (κ2) is 5.15. The fourth-order valence-electron chi connectivity index (χ4n) is 3.68. The highest BCUT2D eigenvalue weighted by molar-refractivity contribution is 5.66. The van der Waals surface area contributed by atoms with E-state index in [0.29, 0.717) is 17.3 Å². The summed E-state index contributed by atoms with van der Waals surface area (Å²) in [5, 5.41) is 0. The van der Waals surface area contributed by atoms with Crippen LogP contribution in [0.2, 0.25) is 0 Å². The van der Waals surface area contributed by atoms with E-state index in [1.165, 1.54) is 24.5 Å². The van der Waals surface area contributed by atoms with Crippen LogP contribution >= 0.6 is 0 Å². The van der Waals surface area contributed by atoms with Crippen molar-refractivity contribution >= 4 is 5.97 Å². The Morgan fingerprint density at radius 3 is 2.74 bits per heavy atom. The second-order valence-corrected chi connectivity index (χ2v) is 6.88. The summed E-state index contributed by atoms with van der Waals surface area (Å²) in [6.07, 6.45) is 6.41. The second-order valence-electron chi connectivity index (χ2n) is 6.88. The van der Waals surface area contributed by atoms with E-state index < -0.39 is 0 Å². The summed E-state index contributed by atoms with van der Waals surface area (Å²) in [6.45, 7) is 12.6. The first-order valence-electron chi connectivity index (χ1n) is 7.33. The van der Waals surface area contributed by atoms with Crippen LogP contribution in [0.25, 0.3) is 0 Å². The van der Waals surface area contributed by atoms with E-state index in [-0.39, 0.29) is 12.1 Å². The van der Waals surface area contributed by atoms with E-state index in [4.69, 9.17) is 4.74 Å². The number of esters is 1. The van der Waals surface area contributed by atoms with Crippen LogP contribution in [0.4, 0.5) is 0 Å². The summed E-state index contributed by atoms with van der Waals surface area (Å²) in [4.78, 5) is 11.2. The zero-order valence-corrected chi connectivity index (χ0v) is 12.7. The molecule has 2 rings (SSSR count). The van der Waals surface area contributed by atoms with E-state index in [1.54, 1.807) is 0 Å². The van der Waals surface area contributed by atoms with Gasteiger partial charge in [-0.25, -0.2) is 0 Å². The molecular weight excluding hydrogens is 236 g/mol. The van der Waals surface area contributed by atoms with Gasteiger partial charge >= 0.3 is 5.97 Å². The minimum absolute atomic E-state index is 0.0603. The van der Waals surface area contributed by atoms with E-state index in [2.05, 4.69) is 33.4 Å². The van der Waals surface area contributed by atoms with Gasteiger partial charge in [0, 0.05) is 6.92 Å². The fraction of sp³-hybridized carbons (Fsp3) is 0.706. The lowest BCUT2D eigenvalue weighted by Crippen LogP contribution is -2.44. The molecular formula is C17H26O2. The Morgan fingerprint density at radius 1 is 1.47 bits per heavy atom. The van der Waals surface area contributed by atoms with Crippen LogP contribution in [0.1, 0.15) is 53.4 Å². The first-order valence-corrected chi connectivity index (χ1v) is 7.33. The highest BCUT2D eigenvalue weighted by Crippen LogP contribution is 2.56. The molecule has 2 heteroatoms. The standard InChI is InChI=1S/C17H26O2/c1-11-7-9-16(19-13(3)18)12(2)6-8-15-14(11)10-17(15,4)5/h6,14-16H,1,7-10H2,2-5H3/b12-6+. The van der Waals surface area contributed by atoms with Gasteiger partial charge in [0.05, 0.1) is 0 Å². The number of allylic oxidation sites excluding steroid dienone is 2. The molecule has 0 aromatic rings. The summed E-state index contributed by atoms with van der Waals surface area (Å²) in [7, 11) is 0. The largest absolute Gasteiger partial charge is 0.458 e. The molecule has 0 aliphatic heterocycles. The third kappa shape index (κ3) is 2.93. The molecule has 2 aliphatic rings. The van der Waals surface area contributed by atoms with Crippen LogP contribution in [0.15, 0.2) is 23.8 Å². The van der Waals surface area contributed by atoms with Gasteiger partial charge < -0.3 is 4.74 Å². The first kappa shape index (κ1) is 14.4. The predicted molar refractivity (Wildman–Crippen MR) is 77.7 cm³/mol. The van der Waals surface area contributed by atoms with Crippen molar-refractivity contribution in [2.75, 3.05) is 0 Å². The number of hydrogen-bond acceptors (Lipinski definition) is 2. The third-order valence-electron chi connectivity index (χ3n) is 5.00. The number of rotatable bonds is 1. The van der Waals surface area contributed by atoms with Gasteiger partial charge in [-0.15, -0.1) is 0 Å². The van der Waals surface area contributed by atoms with Crippen LogP contribution in [-0.4, -0.2) is 12.1 Å². The van der Waals surface area contributed by atoms with Gasteiger partial charge in [-0.2, -0.15) is 0 Å². The Balaban J connectivity index is 2.16. The van der Waals surface area contributed by atoms with Gasteiger partial charge in [-0.1, -0.05) is 32.1 Å². The molecule has 0 bridgehead atoms. The highest BCUT2D eigenvalue weighted by Gasteiger charge is 2.47. The van der Waals surface area contributed by atoms with Crippen molar-refractivity contribution in [2.24, 2.45) is 17.3 Å². The highest BCUT2D eigenvalue weighted by atomic mass is 16.5. The smallest absolute Gasteiger partial charge is 0.303 e. The Morgan fingerprint density at radius 2 is 2.16 bits per heavy atom. The number of hydrogen-bond donors (Lipinski definition) is 0. The van der Waals surface area contributed by atoms with Gasteiger partial charge in [-0.3, -0.25) is 4.79 Å². The molecule has 0 amide bonds. The van der Waals surface area contributed by atoms with Crippen molar-refractivity contribution in [3.8, 4) is 0 Å². The van der Waals surface area contributed by atoms with Crippen molar-refractivity contribution in [3.05, 3.63) is 23.8 Å². The topological polar surface area (TPSA) is 26.3 Å². The first-order chi connectivity index (χ1) is 8.81. The molecule has 3 atom stereocenters. The maximum atomic E-state index is 11.2. The average molecular weight is 262 g/mol. The SMILES string of the molecule is C=C1CCC(OC(C)=O)/C(C)=C/CC2C1CC2(C)C. The van der Waals surface area contributed by atoms with Crippen LogP contribution in [0.5, 0.6) is 0 Å². The minimum atomic E-state index is -0.189. The molecule has 0 spiro atoms. The lowest BCUT2D eigenvalue weighted by molar-refractivity contribution is -0.144. The molecule has 0 heterocycles. The normalized spacial score (nSPS) is 36.7. The van der Waals surface area contributed by atoms with E-state index in [0.717, 1.165) is 19.3 Å². The van der Waals surface area contributed by atoms with E-state index in [9.17, 15) is 4.79 Å². The molecule has 0 N–H and O–H groups in total. The van der Waals surface area contributed by atoms with Crippen LogP contribution in [-0.2, 0) is 9.53 Å². The van der Waals surface area contributed by atoms with Crippen LogP contribution in [0.3, 0.4) is 0 Å². The van der Waals surface area contributed by atoms with Crippen LogP contribution in [0, 0.1) is 17.3 Å². The quantitative estimate of drug-likeness (QED) is 0.521. The maximum Gasteiger partial charge on any atom is 0.303 e. The lowest BCUT2D eigenvalue weighted by Gasteiger charge is -2.52. The molecule has 106 valence electrons. The van der Waals surface area contributed by atoms with Crippen molar-refractivity contribution in [1.82, 2.24) is 0 Å². The molecule has 0 saturated heterocycles. The summed E-state index contributed by atoms with van der Waals surface area (Å²) in [6, 6.07) is 0. The maximum absolute atomic E-state index is 11.2. The average Bonchev–Trinajstić information content (AvgIpc) is 2.33. The van der Waals surface area contributed by atoms with Gasteiger partial charge in [0.25, 0.3) is 0 Å². The minimum Gasteiger partial charge on any atom is -0.458 e. The Bertz CT molecular complexity index is 417. The number of carbonyl (C=O) groups excluding carboxylic acids is 1. The van der Waals surface area contributed by atoms with Crippen molar-refractivity contribution < 1.29 is 9.53 Å². The molecule has 3 unspecified atom stereocenters. The molecule has 0 aromatic heterocycles. The Kier molecular flexibility index (Phi) is 3.89. The van der Waals surface area contributed by atoms with E-state index in [1.807, 2.05) is 0 Å². The lowest BCUT2D eigenvalue weighted by atomic mass is 9.52. The zero-order chi connectivity index (χ0) is 14.2. The monoisotopic (exact) mass is 262 g/mol.